The summed E-state index contributed by atoms with van der Waals surface area (Å²) in [6, 6.07) is 1.89. The minimum Gasteiger partial charge on any atom is -0.381 e. The summed E-state index contributed by atoms with van der Waals surface area (Å²) >= 11 is 1.56. The Labute approximate surface area is 144 Å². The van der Waals surface area contributed by atoms with Crippen molar-refractivity contribution >= 4 is 17.2 Å². The quantitative estimate of drug-likeness (QED) is 0.851. The Kier molecular flexibility index (Phi) is 4.62. The lowest BCUT2D eigenvalue weighted by atomic mass is 10.0. The van der Waals surface area contributed by atoms with Gasteiger partial charge in [-0.05, 0) is 36.6 Å². The van der Waals surface area contributed by atoms with E-state index in [4.69, 9.17) is 9.26 Å². The van der Waals surface area contributed by atoms with Gasteiger partial charge < -0.3 is 14.2 Å². The van der Waals surface area contributed by atoms with E-state index >= 15 is 0 Å². The highest BCUT2D eigenvalue weighted by Gasteiger charge is 2.29. The van der Waals surface area contributed by atoms with Gasteiger partial charge in [0.2, 0.25) is 5.89 Å². The normalized spacial score (nSPS) is 22.2. The Morgan fingerprint density at radius 2 is 2.21 bits per heavy atom. The molecule has 0 N–H and O–H groups in total. The molecule has 2 aromatic rings. The van der Waals surface area contributed by atoms with Gasteiger partial charge in [-0.25, -0.2) is 0 Å². The van der Waals surface area contributed by atoms with Crippen molar-refractivity contribution in [1.29, 1.82) is 0 Å². The first-order chi connectivity index (χ1) is 11.8. The lowest BCUT2D eigenvalue weighted by molar-refractivity contribution is 0.0778. The number of rotatable bonds is 4. The number of ether oxygens (including phenoxy) is 1. The highest BCUT2D eigenvalue weighted by molar-refractivity contribution is 7.08. The maximum atomic E-state index is 12.4. The SMILES string of the molecule is O=C(c1ccsc1)N1CCC(Cc2noc(C3CCOCC3)n2)C1. The Morgan fingerprint density at radius 1 is 1.33 bits per heavy atom. The van der Waals surface area contributed by atoms with Crippen LogP contribution in [0.3, 0.4) is 0 Å². The van der Waals surface area contributed by atoms with Crippen LogP contribution in [0.5, 0.6) is 0 Å². The van der Waals surface area contributed by atoms with Gasteiger partial charge >= 0.3 is 0 Å². The number of hydrogen-bond donors (Lipinski definition) is 0. The summed E-state index contributed by atoms with van der Waals surface area (Å²) in [5.41, 5.74) is 0.794. The molecule has 4 rings (SSSR count). The van der Waals surface area contributed by atoms with Crippen LogP contribution in [0.25, 0.3) is 0 Å². The third-order valence-electron chi connectivity index (χ3n) is 4.87. The van der Waals surface area contributed by atoms with Crippen molar-refractivity contribution in [2.75, 3.05) is 26.3 Å². The Morgan fingerprint density at radius 3 is 3.00 bits per heavy atom. The standard InChI is InChI=1S/C17H21N3O3S/c21-17(14-4-8-24-11-14)20-5-1-12(10-20)9-15-18-16(23-19-15)13-2-6-22-7-3-13/h4,8,11-13H,1-3,5-7,9-10H2. The largest absolute Gasteiger partial charge is 0.381 e. The van der Waals surface area contributed by atoms with Crippen LogP contribution in [-0.4, -0.2) is 47.3 Å². The van der Waals surface area contributed by atoms with Gasteiger partial charge in [-0.2, -0.15) is 16.3 Å². The molecule has 6 nitrogen and oxygen atoms in total. The first kappa shape index (κ1) is 15.8. The molecule has 2 fully saturated rings. The molecule has 24 heavy (non-hydrogen) atoms. The lowest BCUT2D eigenvalue weighted by Crippen LogP contribution is -2.28. The maximum absolute atomic E-state index is 12.4. The van der Waals surface area contributed by atoms with Crippen molar-refractivity contribution in [2.45, 2.75) is 31.6 Å². The summed E-state index contributed by atoms with van der Waals surface area (Å²) in [6.45, 7) is 3.12. The van der Waals surface area contributed by atoms with Crippen LogP contribution in [0, 0.1) is 5.92 Å². The van der Waals surface area contributed by atoms with E-state index in [9.17, 15) is 4.79 Å². The number of carbonyl (C=O) groups excluding carboxylic acids is 1. The van der Waals surface area contributed by atoms with E-state index in [2.05, 4.69) is 10.1 Å². The van der Waals surface area contributed by atoms with Crippen molar-refractivity contribution < 1.29 is 14.1 Å². The number of nitrogens with zero attached hydrogens (tertiary/aromatic N) is 3. The Hall–Kier alpha value is -1.73. The molecular weight excluding hydrogens is 326 g/mol. The van der Waals surface area contributed by atoms with Gasteiger partial charge in [0, 0.05) is 44.0 Å². The molecule has 1 unspecified atom stereocenters. The molecule has 0 radical (unpaired) electrons. The van der Waals surface area contributed by atoms with Crippen LogP contribution in [0.15, 0.2) is 21.3 Å². The summed E-state index contributed by atoms with van der Waals surface area (Å²) in [6.07, 6.45) is 3.68. The van der Waals surface area contributed by atoms with Gasteiger partial charge in [0.25, 0.3) is 5.91 Å². The molecule has 2 aliphatic rings. The molecule has 2 saturated heterocycles. The van der Waals surface area contributed by atoms with E-state index in [1.807, 2.05) is 21.7 Å². The van der Waals surface area contributed by atoms with Crippen LogP contribution < -0.4 is 0 Å². The van der Waals surface area contributed by atoms with Gasteiger partial charge in [-0.1, -0.05) is 5.16 Å². The summed E-state index contributed by atoms with van der Waals surface area (Å²) in [5.74, 6) is 2.39. The van der Waals surface area contributed by atoms with Gasteiger partial charge in [0.1, 0.15) is 0 Å². The smallest absolute Gasteiger partial charge is 0.254 e. The summed E-state index contributed by atoms with van der Waals surface area (Å²) < 4.78 is 10.8. The predicted molar refractivity (Wildman–Crippen MR) is 89.1 cm³/mol. The van der Waals surface area contributed by atoms with E-state index in [0.29, 0.717) is 11.8 Å². The number of hydrogen-bond acceptors (Lipinski definition) is 6. The van der Waals surface area contributed by atoms with Crippen LogP contribution in [0.4, 0.5) is 0 Å². The molecular formula is C17H21N3O3S. The molecule has 7 heteroatoms. The zero-order valence-corrected chi connectivity index (χ0v) is 14.3. The Bertz CT molecular complexity index is 679. The zero-order valence-electron chi connectivity index (χ0n) is 13.5. The molecule has 128 valence electrons. The fraction of sp³-hybridized carbons (Fsp3) is 0.588. The highest BCUT2D eigenvalue weighted by atomic mass is 32.1. The summed E-state index contributed by atoms with van der Waals surface area (Å²) in [5, 5.41) is 8.00. The molecule has 2 aromatic heterocycles. The van der Waals surface area contributed by atoms with Crippen molar-refractivity contribution in [3.63, 3.8) is 0 Å². The summed E-state index contributed by atoms with van der Waals surface area (Å²) in [4.78, 5) is 18.9. The highest BCUT2D eigenvalue weighted by Crippen LogP contribution is 2.27. The number of amides is 1. The average Bonchev–Trinajstić information content (AvgIpc) is 3.37. The van der Waals surface area contributed by atoms with Crippen molar-refractivity contribution in [3.8, 4) is 0 Å². The second-order valence-corrected chi connectivity index (χ2v) is 7.34. The average molecular weight is 347 g/mol. The van der Waals surface area contributed by atoms with E-state index in [1.54, 1.807) is 11.3 Å². The Balaban J connectivity index is 1.33. The molecule has 2 aliphatic heterocycles. The van der Waals surface area contributed by atoms with Crippen LogP contribution in [0.2, 0.25) is 0 Å². The van der Waals surface area contributed by atoms with Crippen molar-refractivity contribution in [3.05, 3.63) is 34.1 Å². The first-order valence-corrected chi connectivity index (χ1v) is 9.45. The number of likely N-dealkylation sites (tertiary alicyclic amines) is 1. The van der Waals surface area contributed by atoms with E-state index < -0.39 is 0 Å². The maximum Gasteiger partial charge on any atom is 0.254 e. The first-order valence-electron chi connectivity index (χ1n) is 8.51. The fourth-order valence-electron chi connectivity index (χ4n) is 3.47. The lowest BCUT2D eigenvalue weighted by Gasteiger charge is -2.18. The minimum absolute atomic E-state index is 0.134. The monoisotopic (exact) mass is 347 g/mol. The second kappa shape index (κ2) is 7.03. The third kappa shape index (κ3) is 3.37. The number of thiophene rings is 1. The van der Waals surface area contributed by atoms with Crippen LogP contribution >= 0.6 is 11.3 Å². The molecule has 0 saturated carbocycles. The van der Waals surface area contributed by atoms with Gasteiger partial charge in [-0.15, -0.1) is 0 Å². The van der Waals surface area contributed by atoms with Crippen LogP contribution in [-0.2, 0) is 11.2 Å². The third-order valence-corrected chi connectivity index (χ3v) is 5.55. The van der Waals surface area contributed by atoms with Crippen molar-refractivity contribution in [1.82, 2.24) is 15.0 Å². The molecule has 0 aliphatic carbocycles. The molecule has 0 aromatic carbocycles. The topological polar surface area (TPSA) is 68.5 Å². The fourth-order valence-corrected chi connectivity index (χ4v) is 4.10. The van der Waals surface area contributed by atoms with E-state index in [-0.39, 0.29) is 5.91 Å². The van der Waals surface area contributed by atoms with Gasteiger partial charge in [0.05, 0.1) is 5.56 Å². The predicted octanol–water partition coefficient (Wildman–Crippen LogP) is 2.73. The van der Waals surface area contributed by atoms with E-state index in [0.717, 1.165) is 69.3 Å². The second-order valence-electron chi connectivity index (χ2n) is 6.56. The molecule has 1 amide bonds. The number of carbonyl (C=O) groups is 1. The molecule has 0 spiro atoms. The molecule has 4 heterocycles. The molecule has 0 bridgehead atoms. The minimum atomic E-state index is 0.134. The summed E-state index contributed by atoms with van der Waals surface area (Å²) in [7, 11) is 0. The van der Waals surface area contributed by atoms with Crippen LogP contribution in [0.1, 0.15) is 47.3 Å². The van der Waals surface area contributed by atoms with Gasteiger partial charge in [0.15, 0.2) is 5.82 Å². The number of aromatic nitrogens is 2. The van der Waals surface area contributed by atoms with Crippen molar-refractivity contribution in [2.24, 2.45) is 5.92 Å². The van der Waals surface area contributed by atoms with Gasteiger partial charge in [-0.3, -0.25) is 4.79 Å². The molecule has 1 atom stereocenters. The zero-order chi connectivity index (χ0) is 16.4. The van der Waals surface area contributed by atoms with E-state index in [1.165, 1.54) is 0 Å².